The van der Waals surface area contributed by atoms with Crippen molar-refractivity contribution in [3.63, 3.8) is 0 Å². The predicted octanol–water partition coefficient (Wildman–Crippen LogP) is 3.59. The Morgan fingerprint density at radius 3 is 2.50 bits per heavy atom. The third-order valence-corrected chi connectivity index (χ3v) is 3.29. The van der Waals surface area contributed by atoms with E-state index in [1.165, 1.54) is 58.0 Å². The number of hydrogen-bond donors (Lipinski definition) is 1. The Kier molecular flexibility index (Phi) is 6.25. The summed E-state index contributed by atoms with van der Waals surface area (Å²) < 4.78 is 0. The van der Waals surface area contributed by atoms with Gasteiger partial charge in [0.1, 0.15) is 0 Å². The Hall–Kier alpha value is -0.0400. The lowest BCUT2D eigenvalue weighted by Gasteiger charge is -2.21. The summed E-state index contributed by atoms with van der Waals surface area (Å²) >= 11 is 0. The van der Waals surface area contributed by atoms with Gasteiger partial charge in [-0.2, -0.15) is 0 Å². The molecule has 1 rings (SSSR count). The molecule has 0 amide bonds. The lowest BCUT2D eigenvalue weighted by Crippen LogP contribution is -2.25. The quantitative estimate of drug-likeness (QED) is 0.642. The standard InChI is InChI=1S/C13H27N/c1-12(2)7-6-10-14-11-13-8-4-3-5-9-13/h12-14H,3-11H2,1-2H3. The molecule has 0 aromatic rings. The van der Waals surface area contributed by atoms with Crippen molar-refractivity contribution in [3.05, 3.63) is 0 Å². The van der Waals surface area contributed by atoms with Crippen LogP contribution < -0.4 is 5.32 Å². The Labute approximate surface area is 89.7 Å². The van der Waals surface area contributed by atoms with Gasteiger partial charge in [-0.1, -0.05) is 33.1 Å². The molecule has 1 N–H and O–H groups in total. The second-order valence-corrected chi connectivity index (χ2v) is 5.24. The van der Waals surface area contributed by atoms with Gasteiger partial charge >= 0.3 is 0 Å². The first-order valence-corrected chi connectivity index (χ1v) is 6.49. The van der Waals surface area contributed by atoms with Gasteiger partial charge in [0.25, 0.3) is 0 Å². The highest BCUT2D eigenvalue weighted by molar-refractivity contribution is 4.67. The zero-order valence-electron chi connectivity index (χ0n) is 10.0. The molecule has 0 bridgehead atoms. The fourth-order valence-corrected chi connectivity index (χ4v) is 2.33. The van der Waals surface area contributed by atoms with E-state index in [9.17, 15) is 0 Å². The van der Waals surface area contributed by atoms with Crippen LogP contribution in [0.3, 0.4) is 0 Å². The summed E-state index contributed by atoms with van der Waals surface area (Å²) in [6.45, 7) is 7.12. The van der Waals surface area contributed by atoms with Crippen molar-refractivity contribution < 1.29 is 0 Å². The third-order valence-electron chi connectivity index (χ3n) is 3.29. The fourth-order valence-electron chi connectivity index (χ4n) is 2.33. The molecular weight excluding hydrogens is 170 g/mol. The van der Waals surface area contributed by atoms with Crippen LogP contribution in [-0.2, 0) is 0 Å². The molecule has 0 spiro atoms. The van der Waals surface area contributed by atoms with E-state index in [1.807, 2.05) is 0 Å². The average Bonchev–Trinajstić information content (AvgIpc) is 2.18. The van der Waals surface area contributed by atoms with E-state index in [4.69, 9.17) is 0 Å². The van der Waals surface area contributed by atoms with Crippen molar-refractivity contribution in [2.45, 2.75) is 58.8 Å². The molecule has 1 fully saturated rings. The Balaban J connectivity index is 1.87. The third kappa shape index (κ3) is 5.64. The van der Waals surface area contributed by atoms with E-state index in [2.05, 4.69) is 19.2 Å². The van der Waals surface area contributed by atoms with Crippen LogP contribution in [0.25, 0.3) is 0 Å². The molecule has 0 aromatic carbocycles. The smallest absolute Gasteiger partial charge is 0.00205 e. The number of nitrogens with one attached hydrogen (secondary N) is 1. The van der Waals surface area contributed by atoms with Crippen LogP contribution in [0.2, 0.25) is 0 Å². The van der Waals surface area contributed by atoms with Gasteiger partial charge in [0, 0.05) is 0 Å². The zero-order chi connectivity index (χ0) is 10.2. The second kappa shape index (κ2) is 7.28. The predicted molar refractivity (Wildman–Crippen MR) is 63.5 cm³/mol. The largest absolute Gasteiger partial charge is 0.316 e. The van der Waals surface area contributed by atoms with Crippen LogP contribution in [-0.4, -0.2) is 13.1 Å². The molecule has 0 saturated heterocycles. The lowest BCUT2D eigenvalue weighted by atomic mass is 9.89. The molecule has 84 valence electrons. The molecule has 1 heteroatoms. The van der Waals surface area contributed by atoms with E-state index in [0.29, 0.717) is 0 Å². The first kappa shape index (κ1) is 12.0. The topological polar surface area (TPSA) is 12.0 Å². The van der Waals surface area contributed by atoms with Crippen molar-refractivity contribution >= 4 is 0 Å². The van der Waals surface area contributed by atoms with Crippen LogP contribution >= 0.6 is 0 Å². The maximum Gasteiger partial charge on any atom is -0.00205 e. The van der Waals surface area contributed by atoms with Crippen LogP contribution in [0, 0.1) is 11.8 Å². The number of hydrogen-bond acceptors (Lipinski definition) is 1. The van der Waals surface area contributed by atoms with Crippen LogP contribution in [0.5, 0.6) is 0 Å². The van der Waals surface area contributed by atoms with Gasteiger partial charge in [0.2, 0.25) is 0 Å². The molecule has 1 nitrogen and oxygen atoms in total. The summed E-state index contributed by atoms with van der Waals surface area (Å²) in [5, 5.41) is 3.61. The minimum absolute atomic E-state index is 0.867. The highest BCUT2D eigenvalue weighted by Crippen LogP contribution is 2.22. The fraction of sp³-hybridized carbons (Fsp3) is 1.00. The molecule has 1 saturated carbocycles. The van der Waals surface area contributed by atoms with Gasteiger partial charge in [-0.05, 0) is 50.6 Å². The van der Waals surface area contributed by atoms with Gasteiger partial charge < -0.3 is 5.32 Å². The minimum atomic E-state index is 0.867. The van der Waals surface area contributed by atoms with Crippen molar-refractivity contribution in [1.82, 2.24) is 5.32 Å². The van der Waals surface area contributed by atoms with Crippen LogP contribution in [0.4, 0.5) is 0 Å². The Morgan fingerprint density at radius 2 is 1.86 bits per heavy atom. The molecule has 0 atom stereocenters. The first-order chi connectivity index (χ1) is 6.79. The Bertz CT molecular complexity index is 125. The van der Waals surface area contributed by atoms with Gasteiger partial charge in [0.15, 0.2) is 0 Å². The molecule has 0 unspecified atom stereocenters. The van der Waals surface area contributed by atoms with Crippen molar-refractivity contribution in [3.8, 4) is 0 Å². The van der Waals surface area contributed by atoms with Crippen LogP contribution in [0.15, 0.2) is 0 Å². The monoisotopic (exact) mass is 197 g/mol. The van der Waals surface area contributed by atoms with E-state index in [0.717, 1.165) is 11.8 Å². The molecule has 0 heterocycles. The van der Waals surface area contributed by atoms with Gasteiger partial charge in [-0.15, -0.1) is 0 Å². The summed E-state index contributed by atoms with van der Waals surface area (Å²) in [4.78, 5) is 0. The minimum Gasteiger partial charge on any atom is -0.316 e. The molecular formula is C13H27N. The number of rotatable bonds is 6. The SMILES string of the molecule is CC(C)CCCNCC1CCCCC1. The summed E-state index contributed by atoms with van der Waals surface area (Å²) in [5.74, 6) is 1.86. The molecule has 1 aliphatic rings. The van der Waals surface area contributed by atoms with Crippen molar-refractivity contribution in [1.29, 1.82) is 0 Å². The van der Waals surface area contributed by atoms with Gasteiger partial charge in [-0.3, -0.25) is 0 Å². The maximum absolute atomic E-state index is 3.61. The van der Waals surface area contributed by atoms with Crippen molar-refractivity contribution in [2.75, 3.05) is 13.1 Å². The van der Waals surface area contributed by atoms with E-state index < -0.39 is 0 Å². The molecule has 14 heavy (non-hydrogen) atoms. The van der Waals surface area contributed by atoms with E-state index in [1.54, 1.807) is 0 Å². The van der Waals surface area contributed by atoms with E-state index >= 15 is 0 Å². The average molecular weight is 197 g/mol. The van der Waals surface area contributed by atoms with Gasteiger partial charge in [0.05, 0.1) is 0 Å². The zero-order valence-corrected chi connectivity index (χ0v) is 10.0. The molecule has 0 radical (unpaired) electrons. The summed E-state index contributed by atoms with van der Waals surface area (Å²) in [6, 6.07) is 0. The highest BCUT2D eigenvalue weighted by atomic mass is 14.9. The van der Waals surface area contributed by atoms with Crippen LogP contribution in [0.1, 0.15) is 58.8 Å². The molecule has 0 aromatic heterocycles. The Morgan fingerprint density at radius 1 is 1.14 bits per heavy atom. The highest BCUT2D eigenvalue weighted by Gasteiger charge is 2.12. The second-order valence-electron chi connectivity index (χ2n) is 5.24. The first-order valence-electron chi connectivity index (χ1n) is 6.49. The lowest BCUT2D eigenvalue weighted by molar-refractivity contribution is 0.340. The molecule has 0 aliphatic heterocycles. The molecule has 1 aliphatic carbocycles. The van der Waals surface area contributed by atoms with Crippen molar-refractivity contribution in [2.24, 2.45) is 11.8 Å². The van der Waals surface area contributed by atoms with Gasteiger partial charge in [-0.25, -0.2) is 0 Å². The normalized spacial score (nSPS) is 19.1. The summed E-state index contributed by atoms with van der Waals surface area (Å²) in [6.07, 6.45) is 10.1. The summed E-state index contributed by atoms with van der Waals surface area (Å²) in [5.41, 5.74) is 0. The maximum atomic E-state index is 3.61. The summed E-state index contributed by atoms with van der Waals surface area (Å²) in [7, 11) is 0. The van der Waals surface area contributed by atoms with E-state index in [-0.39, 0.29) is 0 Å².